The second kappa shape index (κ2) is 6.56. The molecule has 1 aromatic heterocycles. The van der Waals surface area contributed by atoms with E-state index >= 15 is 0 Å². The standard InChI is InChI=1S/C20H29N3O3/c1-19(2,3)26-18(25)23-12-11-22(13-20(23,4)5)17(24)16-8-6-7-15(21-16)14-9-10-14/h6-8,14H,9-13H2,1-5H3. The van der Waals surface area contributed by atoms with Crippen LogP contribution in [0.5, 0.6) is 0 Å². The van der Waals surface area contributed by atoms with Gasteiger partial charge < -0.3 is 9.64 Å². The Hall–Kier alpha value is -2.11. The van der Waals surface area contributed by atoms with Gasteiger partial charge in [-0.1, -0.05) is 6.07 Å². The minimum atomic E-state index is -0.534. The molecule has 1 saturated heterocycles. The van der Waals surface area contributed by atoms with Crippen molar-refractivity contribution < 1.29 is 14.3 Å². The van der Waals surface area contributed by atoms with E-state index in [1.54, 1.807) is 15.9 Å². The topological polar surface area (TPSA) is 62.7 Å². The first kappa shape index (κ1) is 18.7. The SMILES string of the molecule is CC(C)(C)OC(=O)N1CCN(C(=O)c2cccc(C3CC3)n2)CC1(C)C. The molecule has 2 amide bonds. The smallest absolute Gasteiger partial charge is 0.410 e. The highest BCUT2D eigenvalue weighted by molar-refractivity contribution is 5.92. The van der Waals surface area contributed by atoms with E-state index in [0.29, 0.717) is 31.2 Å². The van der Waals surface area contributed by atoms with Crippen molar-refractivity contribution in [2.45, 2.75) is 64.5 Å². The first-order valence-corrected chi connectivity index (χ1v) is 9.34. The Morgan fingerprint density at radius 2 is 1.88 bits per heavy atom. The third-order valence-electron chi connectivity index (χ3n) is 4.79. The fraction of sp³-hybridized carbons (Fsp3) is 0.650. The maximum absolute atomic E-state index is 12.9. The van der Waals surface area contributed by atoms with Gasteiger partial charge in [0.05, 0.1) is 5.54 Å². The van der Waals surface area contributed by atoms with Gasteiger partial charge in [0.25, 0.3) is 5.91 Å². The minimum absolute atomic E-state index is 0.0654. The van der Waals surface area contributed by atoms with E-state index in [2.05, 4.69) is 4.98 Å². The van der Waals surface area contributed by atoms with E-state index in [-0.39, 0.29) is 12.0 Å². The predicted octanol–water partition coefficient (Wildman–Crippen LogP) is 3.43. The Balaban J connectivity index is 1.69. The van der Waals surface area contributed by atoms with Crippen molar-refractivity contribution in [1.29, 1.82) is 0 Å². The maximum atomic E-state index is 12.9. The minimum Gasteiger partial charge on any atom is -0.444 e. The van der Waals surface area contributed by atoms with E-state index in [1.165, 1.54) is 0 Å². The van der Waals surface area contributed by atoms with Crippen LogP contribution in [-0.2, 0) is 4.74 Å². The lowest BCUT2D eigenvalue weighted by Gasteiger charge is -2.46. The fourth-order valence-corrected chi connectivity index (χ4v) is 3.32. The zero-order chi connectivity index (χ0) is 19.1. The lowest BCUT2D eigenvalue weighted by molar-refractivity contribution is -0.0203. The summed E-state index contributed by atoms with van der Waals surface area (Å²) in [7, 11) is 0. The number of rotatable bonds is 2. The van der Waals surface area contributed by atoms with Crippen molar-refractivity contribution in [2.24, 2.45) is 0 Å². The van der Waals surface area contributed by atoms with Crippen LogP contribution in [-0.4, -0.2) is 57.6 Å². The van der Waals surface area contributed by atoms with Crippen LogP contribution < -0.4 is 0 Å². The molecular formula is C20H29N3O3. The van der Waals surface area contributed by atoms with Crippen LogP contribution in [0, 0.1) is 0 Å². The number of ether oxygens (including phenoxy) is 1. The zero-order valence-electron chi connectivity index (χ0n) is 16.4. The molecule has 1 saturated carbocycles. The number of hydrogen-bond donors (Lipinski definition) is 0. The number of carbonyl (C=O) groups is 2. The van der Waals surface area contributed by atoms with Gasteiger partial charge in [-0.3, -0.25) is 9.69 Å². The molecule has 0 bridgehead atoms. The van der Waals surface area contributed by atoms with Crippen LogP contribution in [0.3, 0.4) is 0 Å². The Morgan fingerprint density at radius 1 is 1.19 bits per heavy atom. The summed E-state index contributed by atoms with van der Waals surface area (Å²) in [6, 6.07) is 5.69. The molecule has 0 unspecified atom stereocenters. The molecule has 6 nitrogen and oxygen atoms in total. The first-order valence-electron chi connectivity index (χ1n) is 9.34. The summed E-state index contributed by atoms with van der Waals surface area (Å²) in [5, 5.41) is 0. The average molecular weight is 359 g/mol. The third kappa shape index (κ3) is 4.17. The first-order chi connectivity index (χ1) is 12.1. The molecule has 26 heavy (non-hydrogen) atoms. The quantitative estimate of drug-likeness (QED) is 0.811. The van der Waals surface area contributed by atoms with Gasteiger partial charge in [-0.25, -0.2) is 9.78 Å². The number of hydrogen-bond acceptors (Lipinski definition) is 4. The molecule has 0 N–H and O–H groups in total. The van der Waals surface area contributed by atoms with E-state index in [1.807, 2.05) is 46.8 Å². The number of nitrogens with zero attached hydrogens (tertiary/aromatic N) is 3. The van der Waals surface area contributed by atoms with Crippen molar-refractivity contribution in [3.8, 4) is 0 Å². The lowest BCUT2D eigenvalue weighted by atomic mass is 9.99. The molecule has 1 aliphatic carbocycles. The van der Waals surface area contributed by atoms with Crippen molar-refractivity contribution >= 4 is 12.0 Å². The van der Waals surface area contributed by atoms with Crippen molar-refractivity contribution in [2.75, 3.05) is 19.6 Å². The summed E-state index contributed by atoms with van der Waals surface area (Å²) in [6.45, 7) is 10.9. The summed E-state index contributed by atoms with van der Waals surface area (Å²) in [4.78, 5) is 33.5. The summed E-state index contributed by atoms with van der Waals surface area (Å²) < 4.78 is 5.51. The van der Waals surface area contributed by atoms with Crippen LogP contribution in [0.25, 0.3) is 0 Å². The van der Waals surface area contributed by atoms with Crippen molar-refractivity contribution in [1.82, 2.24) is 14.8 Å². The fourth-order valence-electron chi connectivity index (χ4n) is 3.32. The van der Waals surface area contributed by atoms with E-state index in [4.69, 9.17) is 4.74 Å². The second-order valence-corrected chi connectivity index (χ2v) is 8.89. The molecular weight excluding hydrogens is 330 g/mol. The van der Waals surface area contributed by atoms with Gasteiger partial charge in [-0.2, -0.15) is 0 Å². The zero-order valence-corrected chi connectivity index (χ0v) is 16.4. The number of amides is 2. The van der Waals surface area contributed by atoms with Crippen LogP contribution >= 0.6 is 0 Å². The normalized spacial score (nSPS) is 20.0. The van der Waals surface area contributed by atoms with Crippen LogP contribution in [0.1, 0.15) is 69.6 Å². The summed E-state index contributed by atoms with van der Waals surface area (Å²) in [6.07, 6.45) is 1.99. The number of aromatic nitrogens is 1. The van der Waals surface area contributed by atoms with Crippen LogP contribution in [0.4, 0.5) is 4.79 Å². The largest absolute Gasteiger partial charge is 0.444 e. The third-order valence-corrected chi connectivity index (χ3v) is 4.79. The molecule has 3 rings (SSSR count). The van der Waals surface area contributed by atoms with Gasteiger partial charge in [-0.05, 0) is 59.6 Å². The number of pyridine rings is 1. The Kier molecular flexibility index (Phi) is 4.71. The van der Waals surface area contributed by atoms with Gasteiger partial charge in [0.2, 0.25) is 0 Å². The molecule has 0 atom stereocenters. The molecule has 6 heteroatoms. The highest BCUT2D eigenvalue weighted by atomic mass is 16.6. The molecule has 1 aromatic rings. The summed E-state index contributed by atoms with van der Waals surface area (Å²) in [5.41, 5.74) is 0.482. The molecule has 1 aliphatic heterocycles. The Labute approximate surface area is 155 Å². The van der Waals surface area contributed by atoms with Crippen molar-refractivity contribution in [3.05, 3.63) is 29.6 Å². The predicted molar refractivity (Wildman–Crippen MR) is 99.1 cm³/mol. The van der Waals surface area contributed by atoms with E-state index < -0.39 is 11.1 Å². The molecule has 0 aromatic carbocycles. The van der Waals surface area contributed by atoms with Gasteiger partial charge in [-0.15, -0.1) is 0 Å². The molecule has 2 fully saturated rings. The molecule has 2 aliphatic rings. The van der Waals surface area contributed by atoms with Crippen LogP contribution in [0.2, 0.25) is 0 Å². The van der Waals surface area contributed by atoms with E-state index in [0.717, 1.165) is 18.5 Å². The van der Waals surface area contributed by atoms with Gasteiger partial charge >= 0.3 is 6.09 Å². The monoisotopic (exact) mass is 359 g/mol. The summed E-state index contributed by atoms with van der Waals surface area (Å²) in [5.74, 6) is 0.452. The Morgan fingerprint density at radius 3 is 2.46 bits per heavy atom. The second-order valence-electron chi connectivity index (χ2n) is 8.89. The number of carbonyl (C=O) groups excluding carboxylic acids is 2. The summed E-state index contributed by atoms with van der Waals surface area (Å²) >= 11 is 0. The highest BCUT2D eigenvalue weighted by Crippen LogP contribution is 2.38. The van der Waals surface area contributed by atoms with Crippen LogP contribution in [0.15, 0.2) is 18.2 Å². The van der Waals surface area contributed by atoms with Gasteiger partial charge in [0.1, 0.15) is 11.3 Å². The highest BCUT2D eigenvalue weighted by Gasteiger charge is 2.40. The molecule has 0 spiro atoms. The Bertz CT molecular complexity index is 704. The lowest BCUT2D eigenvalue weighted by Crippen LogP contribution is -2.62. The average Bonchev–Trinajstić information content (AvgIpc) is 3.36. The van der Waals surface area contributed by atoms with E-state index in [9.17, 15) is 9.59 Å². The number of piperazine rings is 1. The molecule has 142 valence electrons. The van der Waals surface area contributed by atoms with Gasteiger partial charge in [0, 0.05) is 31.2 Å². The maximum Gasteiger partial charge on any atom is 0.410 e. The van der Waals surface area contributed by atoms with Crippen molar-refractivity contribution in [3.63, 3.8) is 0 Å². The molecule has 2 heterocycles. The van der Waals surface area contributed by atoms with Gasteiger partial charge in [0.15, 0.2) is 0 Å². The molecule has 0 radical (unpaired) electrons.